The highest BCUT2D eigenvalue weighted by atomic mass is 79.9. The van der Waals surface area contributed by atoms with E-state index in [0.29, 0.717) is 0 Å². The SMILES string of the molecule is Brc1cnc2c(N[C@H]3CCCc4ccccc43)ncnc2c1. The summed E-state index contributed by atoms with van der Waals surface area (Å²) in [6, 6.07) is 10.9. The minimum atomic E-state index is 0.286. The second kappa shape index (κ2) is 5.65. The van der Waals surface area contributed by atoms with E-state index in [1.165, 1.54) is 17.5 Å². The van der Waals surface area contributed by atoms with Gasteiger partial charge in [-0.2, -0.15) is 0 Å². The first kappa shape index (κ1) is 13.6. The van der Waals surface area contributed by atoms with Crippen LogP contribution in [-0.2, 0) is 6.42 Å². The molecule has 1 N–H and O–H groups in total. The molecule has 0 unspecified atom stereocenters. The molecule has 2 heterocycles. The predicted octanol–water partition coefficient (Wildman–Crippen LogP) is 4.28. The Bertz CT molecular complexity index is 834. The van der Waals surface area contributed by atoms with Crippen LogP contribution in [0.5, 0.6) is 0 Å². The summed E-state index contributed by atoms with van der Waals surface area (Å²) in [5.41, 5.74) is 4.46. The van der Waals surface area contributed by atoms with E-state index in [1.54, 1.807) is 12.5 Å². The summed E-state index contributed by atoms with van der Waals surface area (Å²) in [5.74, 6) is 0.805. The molecule has 1 aliphatic carbocycles. The summed E-state index contributed by atoms with van der Waals surface area (Å²) in [7, 11) is 0. The first-order valence-electron chi connectivity index (χ1n) is 7.42. The molecule has 3 aromatic rings. The lowest BCUT2D eigenvalue weighted by Crippen LogP contribution is -2.18. The van der Waals surface area contributed by atoms with E-state index in [9.17, 15) is 0 Å². The molecule has 1 aromatic carbocycles. The molecule has 5 heteroatoms. The third kappa shape index (κ3) is 2.46. The Balaban J connectivity index is 1.73. The summed E-state index contributed by atoms with van der Waals surface area (Å²) in [6.07, 6.45) is 6.83. The highest BCUT2D eigenvalue weighted by Crippen LogP contribution is 2.33. The summed E-state index contributed by atoms with van der Waals surface area (Å²) in [6.45, 7) is 0. The van der Waals surface area contributed by atoms with Crippen LogP contribution in [0.1, 0.15) is 30.0 Å². The normalized spacial score (nSPS) is 17.2. The number of halogens is 1. The average Bonchev–Trinajstić information content (AvgIpc) is 2.55. The van der Waals surface area contributed by atoms with Gasteiger partial charge in [0.25, 0.3) is 0 Å². The molecule has 1 aliphatic rings. The van der Waals surface area contributed by atoms with Gasteiger partial charge in [-0.3, -0.25) is 0 Å². The minimum absolute atomic E-state index is 0.286. The number of nitrogens with zero attached hydrogens (tertiary/aromatic N) is 3. The van der Waals surface area contributed by atoms with E-state index >= 15 is 0 Å². The maximum atomic E-state index is 4.47. The van der Waals surface area contributed by atoms with Crippen LogP contribution in [-0.4, -0.2) is 15.0 Å². The number of aryl methyl sites for hydroxylation is 1. The maximum absolute atomic E-state index is 4.47. The van der Waals surface area contributed by atoms with Crippen molar-refractivity contribution in [1.82, 2.24) is 15.0 Å². The summed E-state index contributed by atoms with van der Waals surface area (Å²) in [5, 5.41) is 3.57. The lowest BCUT2D eigenvalue weighted by molar-refractivity contribution is 0.599. The quantitative estimate of drug-likeness (QED) is 0.746. The number of fused-ring (bicyclic) bond motifs is 2. The second-order valence-electron chi connectivity index (χ2n) is 5.53. The van der Waals surface area contributed by atoms with E-state index in [0.717, 1.165) is 34.2 Å². The zero-order valence-corrected chi connectivity index (χ0v) is 13.5. The molecular weight excluding hydrogens is 340 g/mol. The lowest BCUT2D eigenvalue weighted by atomic mass is 9.88. The van der Waals surface area contributed by atoms with Crippen molar-refractivity contribution in [3.63, 3.8) is 0 Å². The molecule has 1 atom stereocenters. The minimum Gasteiger partial charge on any atom is -0.361 e. The smallest absolute Gasteiger partial charge is 0.156 e. The molecule has 22 heavy (non-hydrogen) atoms. The lowest BCUT2D eigenvalue weighted by Gasteiger charge is -2.26. The van der Waals surface area contributed by atoms with Gasteiger partial charge < -0.3 is 5.32 Å². The number of anilines is 1. The van der Waals surface area contributed by atoms with Crippen LogP contribution in [0.4, 0.5) is 5.82 Å². The highest BCUT2D eigenvalue weighted by Gasteiger charge is 2.20. The monoisotopic (exact) mass is 354 g/mol. The van der Waals surface area contributed by atoms with E-state index in [-0.39, 0.29) is 6.04 Å². The Labute approximate surface area is 137 Å². The third-order valence-corrected chi connectivity index (χ3v) is 4.56. The van der Waals surface area contributed by atoms with Gasteiger partial charge >= 0.3 is 0 Å². The van der Waals surface area contributed by atoms with Crippen LogP contribution >= 0.6 is 15.9 Å². The molecule has 4 rings (SSSR count). The first-order chi connectivity index (χ1) is 10.8. The van der Waals surface area contributed by atoms with Crippen molar-refractivity contribution in [3.05, 3.63) is 58.5 Å². The number of hydrogen-bond acceptors (Lipinski definition) is 4. The van der Waals surface area contributed by atoms with Crippen LogP contribution in [0.3, 0.4) is 0 Å². The van der Waals surface area contributed by atoms with Gasteiger partial charge in [-0.15, -0.1) is 0 Å². The zero-order valence-electron chi connectivity index (χ0n) is 12.0. The van der Waals surface area contributed by atoms with E-state index in [4.69, 9.17) is 0 Å². The Morgan fingerprint density at radius 2 is 2.05 bits per heavy atom. The molecule has 0 saturated heterocycles. The van der Waals surface area contributed by atoms with Crippen molar-refractivity contribution >= 4 is 32.8 Å². The molecule has 0 saturated carbocycles. The Morgan fingerprint density at radius 3 is 3.00 bits per heavy atom. The molecule has 0 spiro atoms. The van der Waals surface area contributed by atoms with E-state index in [2.05, 4.69) is 60.5 Å². The van der Waals surface area contributed by atoms with E-state index in [1.807, 2.05) is 6.07 Å². The van der Waals surface area contributed by atoms with Crippen molar-refractivity contribution < 1.29 is 0 Å². The van der Waals surface area contributed by atoms with Crippen LogP contribution in [0.25, 0.3) is 11.0 Å². The van der Waals surface area contributed by atoms with Crippen molar-refractivity contribution in [2.75, 3.05) is 5.32 Å². The van der Waals surface area contributed by atoms with Gasteiger partial charge in [0.2, 0.25) is 0 Å². The molecule has 0 aliphatic heterocycles. The predicted molar refractivity (Wildman–Crippen MR) is 90.8 cm³/mol. The number of aromatic nitrogens is 3. The van der Waals surface area contributed by atoms with Gasteiger partial charge in [-0.1, -0.05) is 24.3 Å². The van der Waals surface area contributed by atoms with Crippen LogP contribution in [0.15, 0.2) is 47.3 Å². The molecular formula is C17H15BrN4. The van der Waals surface area contributed by atoms with Crippen molar-refractivity contribution in [2.24, 2.45) is 0 Å². The topological polar surface area (TPSA) is 50.7 Å². The number of hydrogen-bond donors (Lipinski definition) is 1. The molecule has 0 amide bonds. The number of nitrogens with one attached hydrogen (secondary N) is 1. The van der Waals surface area contributed by atoms with Gasteiger partial charge in [0.05, 0.1) is 11.6 Å². The fraction of sp³-hybridized carbons (Fsp3) is 0.235. The van der Waals surface area contributed by atoms with E-state index < -0.39 is 0 Å². The summed E-state index contributed by atoms with van der Waals surface area (Å²) >= 11 is 3.43. The fourth-order valence-electron chi connectivity index (χ4n) is 3.09. The molecule has 110 valence electrons. The zero-order chi connectivity index (χ0) is 14.9. The number of rotatable bonds is 2. The van der Waals surface area contributed by atoms with Crippen LogP contribution in [0, 0.1) is 0 Å². The Hall–Kier alpha value is -2.01. The number of benzene rings is 1. The van der Waals surface area contributed by atoms with Gasteiger partial charge in [-0.05, 0) is 52.4 Å². The first-order valence-corrected chi connectivity index (χ1v) is 8.21. The maximum Gasteiger partial charge on any atom is 0.156 e. The van der Waals surface area contributed by atoms with Gasteiger partial charge in [0, 0.05) is 10.7 Å². The van der Waals surface area contributed by atoms with Gasteiger partial charge in [-0.25, -0.2) is 15.0 Å². The summed E-state index contributed by atoms with van der Waals surface area (Å²) < 4.78 is 0.924. The second-order valence-corrected chi connectivity index (χ2v) is 6.45. The highest BCUT2D eigenvalue weighted by molar-refractivity contribution is 9.10. The van der Waals surface area contributed by atoms with Gasteiger partial charge in [0.15, 0.2) is 5.82 Å². The largest absolute Gasteiger partial charge is 0.361 e. The molecule has 0 radical (unpaired) electrons. The van der Waals surface area contributed by atoms with Crippen molar-refractivity contribution in [1.29, 1.82) is 0 Å². The van der Waals surface area contributed by atoms with Crippen LogP contribution < -0.4 is 5.32 Å². The van der Waals surface area contributed by atoms with Gasteiger partial charge in [0.1, 0.15) is 11.8 Å². The molecule has 0 fully saturated rings. The third-order valence-electron chi connectivity index (χ3n) is 4.12. The molecule has 2 aromatic heterocycles. The summed E-state index contributed by atoms with van der Waals surface area (Å²) in [4.78, 5) is 13.2. The molecule has 0 bridgehead atoms. The van der Waals surface area contributed by atoms with Crippen molar-refractivity contribution in [2.45, 2.75) is 25.3 Å². The number of pyridine rings is 1. The molecule has 4 nitrogen and oxygen atoms in total. The average molecular weight is 355 g/mol. The Morgan fingerprint density at radius 1 is 1.14 bits per heavy atom. The van der Waals surface area contributed by atoms with Crippen LogP contribution in [0.2, 0.25) is 0 Å². The Kier molecular flexibility index (Phi) is 3.50. The standard InChI is InChI=1S/C17H15BrN4/c18-12-8-15-16(19-9-12)17(21-10-20-15)22-14-7-3-5-11-4-1-2-6-13(11)14/h1-2,4,6,8-10,14H,3,5,7H2,(H,20,21,22)/t14-/m0/s1. The van der Waals surface area contributed by atoms with Crippen molar-refractivity contribution in [3.8, 4) is 0 Å². The fourth-order valence-corrected chi connectivity index (χ4v) is 3.41.